The van der Waals surface area contributed by atoms with Crippen LogP contribution in [0.4, 0.5) is 0 Å². The molecule has 1 fully saturated rings. The second-order valence-electron chi connectivity index (χ2n) is 6.48. The van der Waals surface area contributed by atoms with Crippen molar-refractivity contribution in [3.63, 3.8) is 0 Å². The van der Waals surface area contributed by atoms with Crippen molar-refractivity contribution in [3.8, 4) is 0 Å². The number of thiazole rings is 1. The highest BCUT2D eigenvalue weighted by molar-refractivity contribution is 7.09. The van der Waals surface area contributed by atoms with Crippen molar-refractivity contribution in [1.82, 2.24) is 15.2 Å². The number of likely N-dealkylation sites (tertiary alicyclic amines) is 1. The molecule has 1 N–H and O–H groups in total. The first-order valence-electron chi connectivity index (χ1n) is 8.64. The van der Waals surface area contributed by atoms with Crippen molar-refractivity contribution in [2.24, 2.45) is 5.92 Å². The van der Waals surface area contributed by atoms with E-state index in [0.717, 1.165) is 43.2 Å². The Morgan fingerprint density at radius 2 is 2.08 bits per heavy atom. The van der Waals surface area contributed by atoms with Gasteiger partial charge < -0.3 is 10.2 Å². The minimum absolute atomic E-state index is 0. The van der Waals surface area contributed by atoms with Gasteiger partial charge in [0.1, 0.15) is 0 Å². The Morgan fingerprint density at radius 1 is 1.31 bits per heavy atom. The second kappa shape index (κ2) is 11.5. The van der Waals surface area contributed by atoms with Gasteiger partial charge in [-0.15, -0.1) is 36.2 Å². The molecule has 4 nitrogen and oxygen atoms in total. The lowest BCUT2D eigenvalue weighted by molar-refractivity contribution is -0.132. The zero-order valence-corrected chi connectivity index (χ0v) is 17.5. The monoisotopic (exact) mass is 415 g/mol. The fourth-order valence-corrected chi connectivity index (χ4v) is 4.12. The number of carbonyl (C=O) groups excluding carboxylic acids is 1. The van der Waals surface area contributed by atoms with Gasteiger partial charge in [-0.25, -0.2) is 4.98 Å². The van der Waals surface area contributed by atoms with E-state index in [0.29, 0.717) is 12.3 Å². The topological polar surface area (TPSA) is 45.2 Å². The Bertz CT molecular complexity index is 664. The number of rotatable bonds is 6. The molecule has 144 valence electrons. The average molecular weight is 416 g/mol. The van der Waals surface area contributed by atoms with E-state index in [1.807, 2.05) is 35.5 Å². The van der Waals surface area contributed by atoms with Crippen LogP contribution in [0.5, 0.6) is 0 Å². The highest BCUT2D eigenvalue weighted by atomic mass is 35.5. The SMILES string of the molecule is CNCC1CCCN(C(=O)Cc2csc(Cc3ccccc3)n2)C1.Cl.Cl. The summed E-state index contributed by atoms with van der Waals surface area (Å²) in [7, 11) is 1.98. The van der Waals surface area contributed by atoms with Gasteiger partial charge in [-0.05, 0) is 37.9 Å². The number of nitrogens with one attached hydrogen (secondary N) is 1. The highest BCUT2D eigenvalue weighted by Crippen LogP contribution is 2.19. The molecule has 0 bridgehead atoms. The summed E-state index contributed by atoms with van der Waals surface area (Å²) in [5, 5.41) is 6.34. The van der Waals surface area contributed by atoms with Crippen LogP contribution < -0.4 is 5.32 Å². The first-order chi connectivity index (χ1) is 11.7. The van der Waals surface area contributed by atoms with E-state index >= 15 is 0 Å². The number of hydrogen-bond acceptors (Lipinski definition) is 4. The van der Waals surface area contributed by atoms with Crippen LogP contribution in [0.25, 0.3) is 0 Å². The van der Waals surface area contributed by atoms with E-state index in [4.69, 9.17) is 0 Å². The third-order valence-corrected chi connectivity index (χ3v) is 5.39. The fourth-order valence-electron chi connectivity index (χ4n) is 3.30. The quantitative estimate of drug-likeness (QED) is 0.783. The molecule has 0 spiro atoms. The maximum absolute atomic E-state index is 12.6. The summed E-state index contributed by atoms with van der Waals surface area (Å²) in [5.41, 5.74) is 2.17. The number of amides is 1. The molecule has 0 saturated carbocycles. The highest BCUT2D eigenvalue weighted by Gasteiger charge is 2.23. The third kappa shape index (κ3) is 6.54. The predicted molar refractivity (Wildman–Crippen MR) is 113 cm³/mol. The van der Waals surface area contributed by atoms with Gasteiger partial charge in [0.15, 0.2) is 0 Å². The number of halogens is 2. The van der Waals surface area contributed by atoms with Gasteiger partial charge in [0, 0.05) is 24.9 Å². The van der Waals surface area contributed by atoms with Crippen LogP contribution >= 0.6 is 36.2 Å². The number of nitrogens with zero attached hydrogens (tertiary/aromatic N) is 2. The first kappa shape index (κ1) is 22.9. The standard InChI is InChI=1S/C19H25N3OS.2ClH/c1-20-12-16-8-5-9-22(13-16)19(23)11-17-14-24-18(21-17)10-15-6-3-2-4-7-15;;/h2-4,6-7,14,16,20H,5,8-13H2,1H3;2*1H. The Kier molecular flexibility index (Phi) is 10.2. The molecule has 1 aliphatic heterocycles. The van der Waals surface area contributed by atoms with E-state index in [2.05, 4.69) is 22.4 Å². The van der Waals surface area contributed by atoms with Gasteiger partial charge in [0.2, 0.25) is 5.91 Å². The second-order valence-corrected chi connectivity index (χ2v) is 7.42. The third-order valence-electron chi connectivity index (χ3n) is 4.49. The molecule has 1 unspecified atom stereocenters. The lowest BCUT2D eigenvalue weighted by Crippen LogP contribution is -2.43. The number of benzene rings is 1. The molecule has 7 heteroatoms. The van der Waals surface area contributed by atoms with E-state index in [1.54, 1.807) is 11.3 Å². The molecule has 2 aromatic rings. The zero-order chi connectivity index (χ0) is 16.8. The van der Waals surface area contributed by atoms with Gasteiger partial charge in [-0.3, -0.25) is 4.79 Å². The normalized spacial score (nSPS) is 16.5. The van der Waals surface area contributed by atoms with Gasteiger partial charge in [-0.1, -0.05) is 30.3 Å². The van der Waals surface area contributed by atoms with Crippen LogP contribution in [-0.4, -0.2) is 42.5 Å². The summed E-state index contributed by atoms with van der Waals surface area (Å²) >= 11 is 1.65. The number of carbonyl (C=O) groups is 1. The molecule has 1 amide bonds. The molecular formula is C19H27Cl2N3OS. The lowest BCUT2D eigenvalue weighted by atomic mass is 9.97. The van der Waals surface area contributed by atoms with Crippen molar-refractivity contribution >= 4 is 42.1 Å². The first-order valence-corrected chi connectivity index (χ1v) is 9.52. The van der Waals surface area contributed by atoms with Gasteiger partial charge in [0.05, 0.1) is 17.1 Å². The van der Waals surface area contributed by atoms with Crippen molar-refractivity contribution in [3.05, 3.63) is 52.0 Å². The molecule has 26 heavy (non-hydrogen) atoms. The minimum Gasteiger partial charge on any atom is -0.342 e. The lowest BCUT2D eigenvalue weighted by Gasteiger charge is -2.32. The molecular weight excluding hydrogens is 389 g/mol. The summed E-state index contributed by atoms with van der Waals surface area (Å²) in [4.78, 5) is 19.2. The molecule has 1 aliphatic rings. The maximum Gasteiger partial charge on any atom is 0.228 e. The van der Waals surface area contributed by atoms with Crippen LogP contribution in [-0.2, 0) is 17.6 Å². The number of aromatic nitrogens is 1. The zero-order valence-electron chi connectivity index (χ0n) is 15.0. The fraction of sp³-hybridized carbons (Fsp3) is 0.474. The van der Waals surface area contributed by atoms with Gasteiger partial charge in [-0.2, -0.15) is 0 Å². The Morgan fingerprint density at radius 3 is 2.81 bits per heavy atom. The number of hydrogen-bond donors (Lipinski definition) is 1. The van der Waals surface area contributed by atoms with E-state index < -0.39 is 0 Å². The molecule has 3 rings (SSSR count). The summed E-state index contributed by atoms with van der Waals surface area (Å²) in [6.45, 7) is 2.75. The van der Waals surface area contributed by atoms with Crippen LogP contribution in [0, 0.1) is 5.92 Å². The minimum atomic E-state index is 0. The molecule has 1 atom stereocenters. The summed E-state index contributed by atoms with van der Waals surface area (Å²) in [6, 6.07) is 10.3. The van der Waals surface area contributed by atoms with Crippen LogP contribution in [0.1, 0.15) is 29.1 Å². The van der Waals surface area contributed by atoms with Crippen LogP contribution in [0.3, 0.4) is 0 Å². The molecule has 1 aromatic heterocycles. The summed E-state index contributed by atoms with van der Waals surface area (Å²) in [6.07, 6.45) is 3.59. The van der Waals surface area contributed by atoms with Crippen molar-refractivity contribution in [1.29, 1.82) is 0 Å². The molecule has 0 aliphatic carbocycles. The van der Waals surface area contributed by atoms with Crippen molar-refractivity contribution < 1.29 is 4.79 Å². The average Bonchev–Trinajstić information content (AvgIpc) is 3.03. The molecule has 1 aromatic carbocycles. The molecule has 2 heterocycles. The van der Waals surface area contributed by atoms with Crippen LogP contribution in [0.15, 0.2) is 35.7 Å². The summed E-state index contributed by atoms with van der Waals surface area (Å²) in [5.74, 6) is 0.795. The Labute approximate surface area is 172 Å². The van der Waals surface area contributed by atoms with Gasteiger partial charge >= 0.3 is 0 Å². The Balaban J connectivity index is 0.00000169. The number of piperidine rings is 1. The van der Waals surface area contributed by atoms with Crippen LogP contribution in [0.2, 0.25) is 0 Å². The van der Waals surface area contributed by atoms with Crippen molar-refractivity contribution in [2.75, 3.05) is 26.7 Å². The molecule has 1 saturated heterocycles. The smallest absolute Gasteiger partial charge is 0.228 e. The maximum atomic E-state index is 12.6. The van der Waals surface area contributed by atoms with Crippen molar-refractivity contribution in [2.45, 2.75) is 25.7 Å². The van der Waals surface area contributed by atoms with Gasteiger partial charge in [0.25, 0.3) is 0 Å². The largest absolute Gasteiger partial charge is 0.342 e. The molecule has 0 radical (unpaired) electrons. The predicted octanol–water partition coefficient (Wildman–Crippen LogP) is 3.58. The van der Waals surface area contributed by atoms with E-state index in [-0.39, 0.29) is 30.7 Å². The summed E-state index contributed by atoms with van der Waals surface area (Å²) < 4.78 is 0. The van der Waals surface area contributed by atoms with E-state index in [9.17, 15) is 4.79 Å². The Hall–Kier alpha value is -1.14. The van der Waals surface area contributed by atoms with E-state index in [1.165, 1.54) is 12.0 Å².